The fourth-order valence-electron chi connectivity index (χ4n) is 3.66. The van der Waals surface area contributed by atoms with Crippen LogP contribution in [-0.2, 0) is 19.1 Å². The summed E-state index contributed by atoms with van der Waals surface area (Å²) in [6.07, 6.45) is 3.94. The maximum absolute atomic E-state index is 12.0. The Balaban J connectivity index is 1.83. The third-order valence-corrected chi connectivity index (χ3v) is 5.75. The highest BCUT2D eigenvalue weighted by atomic mass is 35.5. The van der Waals surface area contributed by atoms with Crippen LogP contribution < -0.4 is 9.47 Å². The van der Waals surface area contributed by atoms with E-state index >= 15 is 0 Å². The molecular weight excluding hydrogens is 468 g/mol. The van der Waals surface area contributed by atoms with Crippen molar-refractivity contribution in [3.8, 4) is 11.5 Å². The first-order valence-corrected chi connectivity index (χ1v) is 12.6. The molecule has 0 radical (unpaired) electrons. The largest absolute Gasteiger partial charge is 0.492 e. The SMILES string of the molecule is CCCCOC(=O)CCOc1c2ccccc2c(OCCC(=O)OCCCC)c2cc(Cl)ccc12. The van der Waals surface area contributed by atoms with Crippen LogP contribution >= 0.6 is 11.6 Å². The Kier molecular flexibility index (Phi) is 10.5. The van der Waals surface area contributed by atoms with Crippen molar-refractivity contribution in [2.75, 3.05) is 26.4 Å². The lowest BCUT2D eigenvalue weighted by molar-refractivity contribution is -0.145. The number of carbonyl (C=O) groups is 2. The van der Waals surface area contributed by atoms with Crippen LogP contribution in [0.4, 0.5) is 0 Å². The molecule has 0 unspecified atom stereocenters. The first-order valence-electron chi connectivity index (χ1n) is 12.3. The Hall–Kier alpha value is -2.99. The fourth-order valence-corrected chi connectivity index (χ4v) is 3.83. The molecule has 0 spiro atoms. The van der Waals surface area contributed by atoms with Gasteiger partial charge < -0.3 is 18.9 Å². The van der Waals surface area contributed by atoms with Crippen LogP contribution in [-0.4, -0.2) is 38.4 Å². The number of halogens is 1. The van der Waals surface area contributed by atoms with Crippen LogP contribution in [0.3, 0.4) is 0 Å². The molecule has 0 heterocycles. The predicted molar refractivity (Wildman–Crippen MR) is 138 cm³/mol. The molecular formula is C28H33ClO6. The van der Waals surface area contributed by atoms with E-state index in [9.17, 15) is 9.59 Å². The molecule has 6 nitrogen and oxygen atoms in total. The number of esters is 2. The summed E-state index contributed by atoms with van der Waals surface area (Å²) >= 11 is 6.32. The number of rotatable bonds is 14. The summed E-state index contributed by atoms with van der Waals surface area (Å²) < 4.78 is 22.7. The highest BCUT2D eigenvalue weighted by Crippen LogP contribution is 2.43. The zero-order valence-electron chi connectivity index (χ0n) is 20.4. The second kappa shape index (κ2) is 13.8. The van der Waals surface area contributed by atoms with Gasteiger partial charge in [0.25, 0.3) is 0 Å². The lowest BCUT2D eigenvalue weighted by Crippen LogP contribution is -2.12. The lowest BCUT2D eigenvalue weighted by atomic mass is 10.0. The van der Waals surface area contributed by atoms with Crippen molar-refractivity contribution in [1.82, 2.24) is 0 Å². The maximum atomic E-state index is 12.0. The molecule has 3 aromatic carbocycles. The van der Waals surface area contributed by atoms with Crippen LogP contribution in [0.15, 0.2) is 42.5 Å². The quantitative estimate of drug-likeness (QED) is 0.137. The van der Waals surface area contributed by atoms with Gasteiger partial charge in [0, 0.05) is 26.6 Å². The van der Waals surface area contributed by atoms with Crippen molar-refractivity contribution >= 4 is 45.1 Å². The number of benzene rings is 3. The molecule has 3 aromatic rings. The summed E-state index contributed by atoms with van der Waals surface area (Å²) in [6.45, 7) is 5.32. The van der Waals surface area contributed by atoms with Crippen molar-refractivity contribution in [2.24, 2.45) is 0 Å². The Labute approximate surface area is 211 Å². The van der Waals surface area contributed by atoms with E-state index in [2.05, 4.69) is 0 Å². The maximum Gasteiger partial charge on any atom is 0.309 e. The molecule has 0 atom stereocenters. The minimum Gasteiger partial charge on any atom is -0.492 e. The minimum absolute atomic E-state index is 0.151. The molecule has 0 N–H and O–H groups in total. The lowest BCUT2D eigenvalue weighted by Gasteiger charge is -2.18. The molecule has 3 rings (SSSR count). The van der Waals surface area contributed by atoms with Gasteiger partial charge in [0.05, 0.1) is 39.3 Å². The number of carbonyl (C=O) groups excluding carboxylic acids is 2. The molecule has 0 aliphatic heterocycles. The number of unbranched alkanes of at least 4 members (excludes halogenated alkanes) is 2. The van der Waals surface area contributed by atoms with Crippen LogP contribution in [0.5, 0.6) is 11.5 Å². The van der Waals surface area contributed by atoms with Crippen molar-refractivity contribution in [1.29, 1.82) is 0 Å². The third kappa shape index (κ3) is 7.49. The topological polar surface area (TPSA) is 71.1 Å². The van der Waals surface area contributed by atoms with E-state index in [1.165, 1.54) is 0 Å². The van der Waals surface area contributed by atoms with Gasteiger partial charge in [-0.1, -0.05) is 62.6 Å². The predicted octanol–water partition coefficient (Wildman–Crippen LogP) is 6.87. The highest BCUT2D eigenvalue weighted by Gasteiger charge is 2.17. The monoisotopic (exact) mass is 500 g/mol. The van der Waals surface area contributed by atoms with Gasteiger partial charge in [0.2, 0.25) is 0 Å². The van der Waals surface area contributed by atoms with E-state index in [-0.39, 0.29) is 38.0 Å². The molecule has 188 valence electrons. The van der Waals surface area contributed by atoms with E-state index in [1.807, 2.05) is 50.2 Å². The van der Waals surface area contributed by atoms with E-state index in [4.69, 9.17) is 30.5 Å². The smallest absolute Gasteiger partial charge is 0.309 e. The summed E-state index contributed by atoms with van der Waals surface area (Å²) in [5.41, 5.74) is 0. The van der Waals surface area contributed by atoms with Crippen LogP contribution in [0.2, 0.25) is 5.02 Å². The normalized spacial score (nSPS) is 10.9. The second-order valence-corrected chi connectivity index (χ2v) is 8.68. The average Bonchev–Trinajstić information content (AvgIpc) is 2.85. The first-order chi connectivity index (χ1) is 17.0. The molecule has 7 heteroatoms. The third-order valence-electron chi connectivity index (χ3n) is 5.51. The molecule has 0 aromatic heterocycles. The summed E-state index contributed by atoms with van der Waals surface area (Å²) in [6, 6.07) is 13.2. The zero-order chi connectivity index (χ0) is 25.0. The van der Waals surface area contributed by atoms with Crippen molar-refractivity contribution in [3.05, 3.63) is 47.5 Å². The van der Waals surface area contributed by atoms with Gasteiger partial charge in [-0.25, -0.2) is 0 Å². The van der Waals surface area contributed by atoms with Gasteiger partial charge in [-0.3, -0.25) is 9.59 Å². The van der Waals surface area contributed by atoms with Crippen LogP contribution in [0, 0.1) is 0 Å². The van der Waals surface area contributed by atoms with Crippen molar-refractivity contribution in [3.63, 3.8) is 0 Å². The van der Waals surface area contributed by atoms with Crippen molar-refractivity contribution < 1.29 is 28.5 Å². The van der Waals surface area contributed by atoms with Gasteiger partial charge in [0.15, 0.2) is 0 Å². The molecule has 0 saturated heterocycles. The second-order valence-electron chi connectivity index (χ2n) is 8.24. The zero-order valence-corrected chi connectivity index (χ0v) is 21.2. The highest BCUT2D eigenvalue weighted by molar-refractivity contribution is 6.31. The summed E-state index contributed by atoms with van der Waals surface area (Å²) in [4.78, 5) is 24.0. The molecule has 35 heavy (non-hydrogen) atoms. The molecule has 0 fully saturated rings. The summed E-state index contributed by atoms with van der Waals surface area (Å²) in [7, 11) is 0. The van der Waals surface area contributed by atoms with E-state index in [1.54, 1.807) is 6.07 Å². The van der Waals surface area contributed by atoms with Crippen LogP contribution in [0.1, 0.15) is 52.4 Å². The summed E-state index contributed by atoms with van der Waals surface area (Å²) in [5.74, 6) is 0.725. The van der Waals surface area contributed by atoms with E-state index in [0.29, 0.717) is 29.7 Å². The Bertz CT molecular complexity index is 1140. The average molecular weight is 501 g/mol. The number of hydrogen-bond acceptors (Lipinski definition) is 6. The Morgan fingerprint density at radius 3 is 1.69 bits per heavy atom. The Morgan fingerprint density at radius 1 is 0.686 bits per heavy atom. The van der Waals surface area contributed by atoms with Crippen molar-refractivity contribution in [2.45, 2.75) is 52.4 Å². The number of hydrogen-bond donors (Lipinski definition) is 0. The molecule has 0 aliphatic carbocycles. The molecule has 0 aliphatic rings. The van der Waals surface area contributed by atoms with E-state index < -0.39 is 0 Å². The van der Waals surface area contributed by atoms with Gasteiger partial charge >= 0.3 is 11.9 Å². The minimum atomic E-state index is -0.282. The van der Waals surface area contributed by atoms with E-state index in [0.717, 1.165) is 47.2 Å². The van der Waals surface area contributed by atoms with Crippen LogP contribution in [0.25, 0.3) is 21.5 Å². The van der Waals surface area contributed by atoms with Gasteiger partial charge in [-0.05, 0) is 31.0 Å². The number of ether oxygens (including phenoxy) is 4. The fraction of sp³-hybridized carbons (Fsp3) is 0.429. The molecule has 0 bridgehead atoms. The van der Waals surface area contributed by atoms with Gasteiger partial charge in [0.1, 0.15) is 11.5 Å². The molecule has 0 amide bonds. The van der Waals surface area contributed by atoms with Gasteiger partial charge in [-0.15, -0.1) is 0 Å². The summed E-state index contributed by atoms with van der Waals surface area (Å²) in [5, 5.41) is 3.83. The standard InChI is InChI=1S/C28H33ClO6/c1-3-5-15-32-25(30)13-17-34-27-21-9-7-8-10-22(21)28(24-19-20(29)11-12-23(24)27)35-18-14-26(31)33-16-6-4-2/h7-12,19H,3-6,13-18H2,1-2H3. The Morgan fingerprint density at radius 2 is 1.17 bits per heavy atom. The first kappa shape index (κ1) is 26.6. The number of fused-ring (bicyclic) bond motifs is 2. The molecule has 0 saturated carbocycles. The van der Waals surface area contributed by atoms with Gasteiger partial charge in [-0.2, -0.15) is 0 Å².